The molecule has 0 saturated heterocycles. The van der Waals surface area contributed by atoms with E-state index in [1.807, 2.05) is 0 Å². The van der Waals surface area contributed by atoms with Crippen LogP contribution in [0.4, 0.5) is 5.69 Å². The van der Waals surface area contributed by atoms with Gasteiger partial charge in [-0.05, 0) is 29.8 Å². The lowest BCUT2D eigenvalue weighted by Crippen LogP contribution is -2.09. The molecule has 0 saturated carbocycles. The number of nitrogens with two attached hydrogens (primary N) is 1. The molecule has 0 unspecified atom stereocenters. The van der Waals surface area contributed by atoms with Crippen LogP contribution in [0.5, 0.6) is 5.75 Å². The Morgan fingerprint density at radius 1 is 1.25 bits per heavy atom. The Labute approximate surface area is 121 Å². The smallest absolute Gasteiger partial charge is 0.269 e. The predicted octanol–water partition coefficient (Wildman–Crippen LogP) is 2.81. The highest BCUT2D eigenvalue weighted by Crippen LogP contribution is 2.17. The van der Waals surface area contributed by atoms with Crippen LogP contribution in [0, 0.1) is 10.1 Å². The largest absolute Gasteiger partial charge is 0.489 e. The lowest BCUT2D eigenvalue weighted by Gasteiger charge is -2.07. The number of nitro groups is 1. The number of benzene rings is 2. The Bertz CT molecular complexity index is 641. The third kappa shape index (κ3) is 3.52. The number of rotatable bonds is 5. The summed E-state index contributed by atoms with van der Waals surface area (Å²) < 4.78 is 5.60. The second-order valence-corrected chi connectivity index (χ2v) is 4.54. The molecule has 2 aromatic rings. The van der Waals surface area contributed by atoms with Gasteiger partial charge in [0.25, 0.3) is 5.69 Å². The van der Waals surface area contributed by atoms with Crippen molar-refractivity contribution in [2.45, 2.75) is 6.61 Å². The lowest BCUT2D eigenvalue weighted by molar-refractivity contribution is -0.384. The zero-order valence-corrected chi connectivity index (χ0v) is 11.3. The van der Waals surface area contributed by atoms with Crippen molar-refractivity contribution >= 4 is 22.9 Å². The van der Waals surface area contributed by atoms with Gasteiger partial charge in [0.2, 0.25) is 0 Å². The molecule has 0 bridgehead atoms. The summed E-state index contributed by atoms with van der Waals surface area (Å²) in [4.78, 5) is 10.4. The molecule has 2 N–H and O–H groups in total. The van der Waals surface area contributed by atoms with E-state index >= 15 is 0 Å². The average Bonchev–Trinajstić information content (AvgIpc) is 2.46. The molecule has 5 nitrogen and oxygen atoms in total. The molecule has 0 fully saturated rings. The van der Waals surface area contributed by atoms with Crippen LogP contribution in [0.25, 0.3) is 0 Å². The highest BCUT2D eigenvalue weighted by molar-refractivity contribution is 7.80. The van der Waals surface area contributed by atoms with Crippen molar-refractivity contribution in [2.75, 3.05) is 0 Å². The van der Waals surface area contributed by atoms with Crippen LogP contribution in [-0.4, -0.2) is 9.91 Å². The highest BCUT2D eigenvalue weighted by atomic mass is 32.1. The van der Waals surface area contributed by atoms with E-state index in [1.165, 1.54) is 12.1 Å². The quantitative estimate of drug-likeness (QED) is 0.520. The molecule has 0 spiro atoms. The van der Waals surface area contributed by atoms with Gasteiger partial charge in [-0.1, -0.05) is 24.4 Å². The third-order valence-electron chi connectivity index (χ3n) is 2.67. The minimum absolute atomic E-state index is 0.0595. The minimum atomic E-state index is -0.434. The van der Waals surface area contributed by atoms with Gasteiger partial charge in [-0.3, -0.25) is 10.1 Å². The van der Waals surface area contributed by atoms with Crippen molar-refractivity contribution in [3.63, 3.8) is 0 Å². The summed E-state index contributed by atoms with van der Waals surface area (Å²) in [5.74, 6) is 0.647. The Morgan fingerprint density at radius 2 is 1.95 bits per heavy atom. The van der Waals surface area contributed by atoms with Crippen LogP contribution in [0.2, 0.25) is 0 Å². The summed E-state index contributed by atoms with van der Waals surface area (Å²) in [5, 5.41) is 10.5. The zero-order chi connectivity index (χ0) is 14.5. The number of hydrogen-bond acceptors (Lipinski definition) is 4. The summed E-state index contributed by atoms with van der Waals surface area (Å²) in [6, 6.07) is 13.4. The topological polar surface area (TPSA) is 78.4 Å². The fourth-order valence-electron chi connectivity index (χ4n) is 1.62. The second kappa shape index (κ2) is 6.12. The maximum Gasteiger partial charge on any atom is 0.269 e. The van der Waals surface area contributed by atoms with Crippen LogP contribution in [0.15, 0.2) is 48.5 Å². The van der Waals surface area contributed by atoms with Crippen molar-refractivity contribution in [3.8, 4) is 5.75 Å². The Kier molecular flexibility index (Phi) is 4.27. The molecule has 2 aromatic carbocycles. The molecule has 6 heteroatoms. The maximum absolute atomic E-state index is 10.5. The van der Waals surface area contributed by atoms with Crippen molar-refractivity contribution in [2.24, 2.45) is 5.73 Å². The minimum Gasteiger partial charge on any atom is -0.489 e. The number of ether oxygens (including phenoxy) is 1. The van der Waals surface area contributed by atoms with E-state index in [-0.39, 0.29) is 5.69 Å². The van der Waals surface area contributed by atoms with E-state index in [1.54, 1.807) is 36.4 Å². The molecule has 0 atom stereocenters. The highest BCUT2D eigenvalue weighted by Gasteiger charge is 2.04. The van der Waals surface area contributed by atoms with Crippen molar-refractivity contribution in [3.05, 3.63) is 69.8 Å². The van der Waals surface area contributed by atoms with Gasteiger partial charge in [0, 0.05) is 17.7 Å². The van der Waals surface area contributed by atoms with Crippen LogP contribution in [-0.2, 0) is 6.61 Å². The molecule has 0 heterocycles. The van der Waals surface area contributed by atoms with E-state index in [2.05, 4.69) is 0 Å². The Morgan fingerprint density at radius 3 is 2.55 bits per heavy atom. The predicted molar refractivity (Wildman–Crippen MR) is 79.8 cm³/mol. The summed E-state index contributed by atoms with van der Waals surface area (Å²) >= 11 is 4.90. The molecular weight excluding hydrogens is 276 g/mol. The van der Waals surface area contributed by atoms with Gasteiger partial charge in [0.1, 0.15) is 17.3 Å². The summed E-state index contributed by atoms with van der Waals surface area (Å²) in [5.41, 5.74) is 7.19. The molecule has 2 rings (SSSR count). The maximum atomic E-state index is 10.5. The third-order valence-corrected chi connectivity index (χ3v) is 2.91. The van der Waals surface area contributed by atoms with Crippen molar-refractivity contribution < 1.29 is 9.66 Å². The molecule has 0 aliphatic carbocycles. The Balaban J connectivity index is 2.03. The van der Waals surface area contributed by atoms with Crippen molar-refractivity contribution in [1.29, 1.82) is 0 Å². The van der Waals surface area contributed by atoms with Crippen LogP contribution in [0.1, 0.15) is 11.1 Å². The van der Waals surface area contributed by atoms with Gasteiger partial charge < -0.3 is 10.5 Å². The number of thiocarbonyl (C=S) groups is 1. The molecule has 20 heavy (non-hydrogen) atoms. The first-order valence-corrected chi connectivity index (χ1v) is 6.23. The summed E-state index contributed by atoms with van der Waals surface area (Å²) in [7, 11) is 0. The Hall–Kier alpha value is -2.47. The molecule has 0 radical (unpaired) electrons. The first-order valence-electron chi connectivity index (χ1n) is 5.82. The second-order valence-electron chi connectivity index (χ2n) is 4.10. The van der Waals surface area contributed by atoms with E-state index in [0.717, 1.165) is 11.1 Å². The average molecular weight is 288 g/mol. The van der Waals surface area contributed by atoms with Crippen molar-refractivity contribution in [1.82, 2.24) is 0 Å². The van der Waals surface area contributed by atoms with Crippen LogP contribution < -0.4 is 10.5 Å². The number of non-ortho nitro benzene ring substituents is 1. The van der Waals surface area contributed by atoms with Gasteiger partial charge in [-0.25, -0.2) is 0 Å². The zero-order valence-electron chi connectivity index (χ0n) is 10.5. The standard InChI is InChI=1S/C14H12N2O3S/c15-14(20)11-2-1-3-13(8-11)19-9-10-4-6-12(7-5-10)16(17)18/h1-8H,9H2,(H2,15,20). The van der Waals surface area contributed by atoms with E-state index in [0.29, 0.717) is 17.3 Å². The normalized spacial score (nSPS) is 10.0. The van der Waals surface area contributed by atoms with E-state index in [4.69, 9.17) is 22.7 Å². The van der Waals surface area contributed by atoms with Gasteiger partial charge in [0.05, 0.1) is 4.92 Å². The first kappa shape index (κ1) is 14.0. The van der Waals surface area contributed by atoms with Gasteiger partial charge in [0.15, 0.2) is 0 Å². The van der Waals surface area contributed by atoms with Gasteiger partial charge in [-0.2, -0.15) is 0 Å². The fourth-order valence-corrected chi connectivity index (χ4v) is 1.75. The molecular formula is C14H12N2O3S. The number of nitro benzene ring substituents is 1. The lowest BCUT2D eigenvalue weighted by atomic mass is 10.2. The summed E-state index contributed by atoms with van der Waals surface area (Å²) in [6.45, 7) is 0.318. The molecule has 0 aliphatic rings. The molecule has 0 amide bonds. The van der Waals surface area contributed by atoms with Gasteiger partial charge >= 0.3 is 0 Å². The SMILES string of the molecule is NC(=S)c1cccc(OCc2ccc([N+](=O)[O-])cc2)c1. The molecule has 102 valence electrons. The van der Waals surface area contributed by atoms with E-state index < -0.39 is 4.92 Å². The fraction of sp³-hybridized carbons (Fsp3) is 0.0714. The van der Waals surface area contributed by atoms with Gasteiger partial charge in [-0.15, -0.1) is 0 Å². The van der Waals surface area contributed by atoms with Crippen LogP contribution >= 0.6 is 12.2 Å². The number of nitrogens with zero attached hydrogens (tertiary/aromatic N) is 1. The van der Waals surface area contributed by atoms with Crippen LogP contribution in [0.3, 0.4) is 0 Å². The monoisotopic (exact) mass is 288 g/mol. The first-order chi connectivity index (χ1) is 9.56. The molecule has 0 aliphatic heterocycles. The number of hydrogen-bond donors (Lipinski definition) is 1. The summed E-state index contributed by atoms with van der Waals surface area (Å²) in [6.07, 6.45) is 0. The molecule has 0 aromatic heterocycles. The van der Waals surface area contributed by atoms with E-state index in [9.17, 15) is 10.1 Å².